The number of nitrogens with zero attached hydrogens (tertiary/aromatic N) is 3. The molecule has 0 spiro atoms. The maximum atomic E-state index is 13.7. The van der Waals surface area contributed by atoms with Gasteiger partial charge in [0.1, 0.15) is 11.6 Å². The summed E-state index contributed by atoms with van der Waals surface area (Å²) in [7, 11) is 0. The summed E-state index contributed by atoms with van der Waals surface area (Å²) in [5, 5.41) is 0. The van der Waals surface area contributed by atoms with Crippen LogP contribution in [0.3, 0.4) is 0 Å². The summed E-state index contributed by atoms with van der Waals surface area (Å²) in [6.45, 7) is 0. The van der Waals surface area contributed by atoms with Crippen molar-refractivity contribution >= 4 is 5.82 Å². The monoisotopic (exact) mass is 370 g/mol. The summed E-state index contributed by atoms with van der Waals surface area (Å²) < 4.78 is 13.7. The number of nitrogen functional groups attached to an aromatic ring is 1. The smallest absolute Gasteiger partial charge is 0.123 e. The lowest BCUT2D eigenvalue weighted by atomic mass is 9.67. The molecule has 4 aromatic rings. The molecule has 0 aliphatic carbocycles. The molecule has 1 aromatic carbocycles. The van der Waals surface area contributed by atoms with E-state index in [9.17, 15) is 4.39 Å². The molecule has 0 amide bonds. The van der Waals surface area contributed by atoms with Crippen molar-refractivity contribution in [2.75, 3.05) is 5.73 Å². The predicted octanol–water partition coefficient (Wildman–Crippen LogP) is 4.17. The van der Waals surface area contributed by atoms with Crippen molar-refractivity contribution < 1.29 is 4.39 Å². The standard InChI is InChI=1S/C23H19FN4/c24-21-8-6-18(7-9-21)23(19-3-1-11-26-15-19,20-4-2-12-27-16-20)13-17-5-10-22(25)28-14-17/h1-12,14-16H,13H2,(H2,25,28). The van der Waals surface area contributed by atoms with Crippen molar-refractivity contribution in [2.24, 2.45) is 0 Å². The van der Waals surface area contributed by atoms with Crippen LogP contribution in [0.25, 0.3) is 0 Å². The number of halogens is 1. The second-order valence-corrected chi connectivity index (χ2v) is 6.66. The van der Waals surface area contributed by atoms with Gasteiger partial charge in [0.25, 0.3) is 0 Å². The maximum Gasteiger partial charge on any atom is 0.123 e. The van der Waals surface area contributed by atoms with Crippen LogP contribution in [0.4, 0.5) is 10.2 Å². The predicted molar refractivity (Wildman–Crippen MR) is 107 cm³/mol. The first-order valence-corrected chi connectivity index (χ1v) is 8.96. The summed E-state index contributed by atoms with van der Waals surface area (Å²) in [4.78, 5) is 12.9. The highest BCUT2D eigenvalue weighted by Gasteiger charge is 2.37. The van der Waals surface area contributed by atoms with Gasteiger partial charge in [0.2, 0.25) is 0 Å². The Morgan fingerprint density at radius 2 is 1.39 bits per heavy atom. The van der Waals surface area contributed by atoms with E-state index in [-0.39, 0.29) is 5.82 Å². The molecule has 3 aromatic heterocycles. The number of nitrogens with two attached hydrogens (primary N) is 1. The molecule has 2 N–H and O–H groups in total. The third kappa shape index (κ3) is 3.34. The molecule has 4 nitrogen and oxygen atoms in total. The van der Waals surface area contributed by atoms with E-state index in [0.29, 0.717) is 12.2 Å². The van der Waals surface area contributed by atoms with Gasteiger partial charge in [-0.2, -0.15) is 0 Å². The zero-order valence-corrected chi connectivity index (χ0v) is 15.2. The van der Waals surface area contributed by atoms with Gasteiger partial charge in [-0.1, -0.05) is 30.3 Å². The molecule has 4 rings (SSSR count). The second-order valence-electron chi connectivity index (χ2n) is 6.66. The highest BCUT2D eigenvalue weighted by molar-refractivity contribution is 5.51. The summed E-state index contributed by atoms with van der Waals surface area (Å²) in [6.07, 6.45) is 9.56. The zero-order valence-electron chi connectivity index (χ0n) is 15.2. The van der Waals surface area contributed by atoms with E-state index in [4.69, 9.17) is 5.73 Å². The Balaban J connectivity index is 1.99. The van der Waals surface area contributed by atoms with Crippen LogP contribution in [0.1, 0.15) is 22.3 Å². The third-order valence-electron chi connectivity index (χ3n) is 4.96. The lowest BCUT2D eigenvalue weighted by molar-refractivity contribution is 0.596. The van der Waals surface area contributed by atoms with Gasteiger partial charge in [0, 0.05) is 31.0 Å². The number of pyridine rings is 3. The Kier molecular flexibility index (Phi) is 4.81. The van der Waals surface area contributed by atoms with Crippen molar-refractivity contribution in [2.45, 2.75) is 11.8 Å². The van der Waals surface area contributed by atoms with Crippen molar-refractivity contribution in [1.82, 2.24) is 15.0 Å². The van der Waals surface area contributed by atoms with E-state index in [1.165, 1.54) is 12.1 Å². The Hall–Kier alpha value is -3.60. The molecule has 0 unspecified atom stereocenters. The van der Waals surface area contributed by atoms with Gasteiger partial charge < -0.3 is 5.73 Å². The van der Waals surface area contributed by atoms with E-state index in [1.807, 2.05) is 54.9 Å². The van der Waals surface area contributed by atoms with Gasteiger partial charge >= 0.3 is 0 Å². The Bertz CT molecular complexity index is 994. The van der Waals surface area contributed by atoms with Crippen LogP contribution in [0.15, 0.2) is 91.6 Å². The third-order valence-corrected chi connectivity index (χ3v) is 4.96. The van der Waals surface area contributed by atoms with Gasteiger partial charge in [-0.05, 0) is 59.0 Å². The molecule has 28 heavy (non-hydrogen) atoms. The first-order valence-electron chi connectivity index (χ1n) is 8.96. The highest BCUT2D eigenvalue weighted by Crippen LogP contribution is 2.41. The summed E-state index contributed by atoms with van der Waals surface area (Å²) in [5.74, 6) is 0.197. The summed E-state index contributed by atoms with van der Waals surface area (Å²) in [6, 6.07) is 18.2. The number of hydrogen-bond acceptors (Lipinski definition) is 4. The molecule has 0 atom stereocenters. The van der Waals surface area contributed by atoms with Gasteiger partial charge in [0.05, 0.1) is 5.41 Å². The lowest BCUT2D eigenvalue weighted by Crippen LogP contribution is -2.32. The van der Waals surface area contributed by atoms with Crippen molar-refractivity contribution in [3.05, 3.63) is 120 Å². The number of benzene rings is 1. The minimum atomic E-state index is -0.603. The van der Waals surface area contributed by atoms with E-state index in [1.54, 1.807) is 24.7 Å². The van der Waals surface area contributed by atoms with E-state index < -0.39 is 5.41 Å². The van der Waals surface area contributed by atoms with Crippen LogP contribution >= 0.6 is 0 Å². The molecule has 0 aliphatic rings. The fourth-order valence-corrected chi connectivity index (χ4v) is 3.62. The van der Waals surface area contributed by atoms with Crippen LogP contribution < -0.4 is 5.73 Å². The minimum absolute atomic E-state index is 0.274. The Labute approximate surface area is 162 Å². The van der Waals surface area contributed by atoms with E-state index in [0.717, 1.165) is 22.3 Å². The Morgan fingerprint density at radius 1 is 0.750 bits per heavy atom. The zero-order chi connectivity index (χ0) is 19.4. The quantitative estimate of drug-likeness (QED) is 0.573. The fraction of sp³-hybridized carbons (Fsp3) is 0.0870. The van der Waals surface area contributed by atoms with Gasteiger partial charge in [-0.15, -0.1) is 0 Å². The normalized spacial score (nSPS) is 11.3. The Morgan fingerprint density at radius 3 is 1.89 bits per heavy atom. The lowest BCUT2D eigenvalue weighted by Gasteiger charge is -2.35. The molecule has 0 aliphatic heterocycles. The van der Waals surface area contributed by atoms with Crippen LogP contribution in [-0.2, 0) is 11.8 Å². The van der Waals surface area contributed by atoms with Crippen LogP contribution in [0.5, 0.6) is 0 Å². The number of aromatic nitrogens is 3. The van der Waals surface area contributed by atoms with Gasteiger partial charge in [-0.25, -0.2) is 9.37 Å². The fourth-order valence-electron chi connectivity index (χ4n) is 3.62. The molecule has 0 saturated carbocycles. The largest absolute Gasteiger partial charge is 0.384 e. The van der Waals surface area contributed by atoms with Gasteiger partial charge in [-0.3, -0.25) is 9.97 Å². The van der Waals surface area contributed by atoms with E-state index >= 15 is 0 Å². The number of hydrogen-bond donors (Lipinski definition) is 1. The molecule has 138 valence electrons. The van der Waals surface area contributed by atoms with Crippen molar-refractivity contribution in [3.63, 3.8) is 0 Å². The maximum absolute atomic E-state index is 13.7. The van der Waals surface area contributed by atoms with E-state index in [2.05, 4.69) is 15.0 Å². The van der Waals surface area contributed by atoms with Crippen LogP contribution in [0.2, 0.25) is 0 Å². The molecule has 0 radical (unpaired) electrons. The van der Waals surface area contributed by atoms with Crippen LogP contribution in [0, 0.1) is 5.82 Å². The summed E-state index contributed by atoms with van der Waals surface area (Å²) >= 11 is 0. The van der Waals surface area contributed by atoms with Gasteiger partial charge in [0.15, 0.2) is 0 Å². The minimum Gasteiger partial charge on any atom is -0.384 e. The molecule has 3 heterocycles. The molecule has 0 fully saturated rings. The number of anilines is 1. The molecule has 0 bridgehead atoms. The summed E-state index contributed by atoms with van der Waals surface area (Å²) in [5.41, 5.74) is 9.11. The molecular weight excluding hydrogens is 351 g/mol. The topological polar surface area (TPSA) is 64.7 Å². The van der Waals surface area contributed by atoms with Crippen molar-refractivity contribution in [1.29, 1.82) is 0 Å². The number of rotatable bonds is 5. The first-order chi connectivity index (χ1) is 13.7. The van der Waals surface area contributed by atoms with Crippen LogP contribution in [-0.4, -0.2) is 15.0 Å². The molecule has 5 heteroatoms. The average Bonchev–Trinajstić information content (AvgIpc) is 2.75. The molecular formula is C23H19FN4. The second kappa shape index (κ2) is 7.56. The van der Waals surface area contributed by atoms with Crippen molar-refractivity contribution in [3.8, 4) is 0 Å². The highest BCUT2D eigenvalue weighted by atomic mass is 19.1. The molecule has 0 saturated heterocycles. The first kappa shape index (κ1) is 17.8. The average molecular weight is 370 g/mol. The SMILES string of the molecule is Nc1ccc(CC(c2ccc(F)cc2)(c2cccnc2)c2cccnc2)cn1.